The van der Waals surface area contributed by atoms with E-state index in [1.807, 2.05) is 19.1 Å². The molecule has 0 aliphatic carbocycles. The van der Waals surface area contributed by atoms with Crippen molar-refractivity contribution in [3.05, 3.63) is 71.4 Å². The van der Waals surface area contributed by atoms with Crippen LogP contribution in [0, 0.1) is 18.2 Å². The summed E-state index contributed by atoms with van der Waals surface area (Å²) in [5.41, 5.74) is 3.45. The molecule has 1 aromatic carbocycles. The first-order chi connectivity index (χ1) is 17.4. The van der Waals surface area contributed by atoms with Crippen LogP contribution in [-0.2, 0) is 6.54 Å². The Morgan fingerprint density at radius 2 is 2.17 bits per heavy atom. The van der Waals surface area contributed by atoms with Crippen molar-refractivity contribution in [2.75, 3.05) is 30.8 Å². The highest BCUT2D eigenvalue weighted by atomic mass is 19.1. The fraction of sp³-hybridized carbons (Fsp3) is 0.308. The van der Waals surface area contributed by atoms with Crippen LogP contribution in [0.2, 0.25) is 0 Å². The van der Waals surface area contributed by atoms with Gasteiger partial charge in [-0.15, -0.1) is 0 Å². The molecular weight excluding hydrogens is 461 g/mol. The lowest BCUT2D eigenvalue weighted by Gasteiger charge is -2.33. The van der Waals surface area contributed by atoms with Crippen LogP contribution < -0.4 is 20.7 Å². The number of amides is 2. The lowest BCUT2D eigenvalue weighted by atomic mass is 10.0. The van der Waals surface area contributed by atoms with Crippen molar-refractivity contribution in [1.29, 1.82) is 5.41 Å². The zero-order chi connectivity index (χ0) is 25.5. The molecule has 1 saturated heterocycles. The molecule has 1 aliphatic rings. The number of anilines is 3. The molecule has 2 aromatic heterocycles. The van der Waals surface area contributed by atoms with Crippen LogP contribution in [0.25, 0.3) is 0 Å². The van der Waals surface area contributed by atoms with Gasteiger partial charge in [0.05, 0.1) is 19.0 Å². The van der Waals surface area contributed by atoms with Gasteiger partial charge in [-0.25, -0.2) is 14.2 Å². The SMILES string of the molecule is COc1cccc(F)c1CN1CCC[C@@H](NC(=O)Nc2cc(C=N)c(Nc3ccnc(C)c3)cn2)C1. The number of piperidine rings is 1. The van der Waals surface area contributed by atoms with Crippen LogP contribution in [0.15, 0.2) is 48.8 Å². The number of carbonyl (C=O) groups is 1. The molecule has 1 aliphatic heterocycles. The summed E-state index contributed by atoms with van der Waals surface area (Å²) >= 11 is 0. The highest BCUT2D eigenvalue weighted by Gasteiger charge is 2.23. The molecule has 2 amide bonds. The van der Waals surface area contributed by atoms with E-state index in [1.165, 1.54) is 19.4 Å². The summed E-state index contributed by atoms with van der Waals surface area (Å²) in [4.78, 5) is 23.3. The van der Waals surface area contributed by atoms with Crippen molar-refractivity contribution in [2.45, 2.75) is 32.4 Å². The number of likely N-dealkylation sites (tertiary alicyclic amines) is 1. The maximum Gasteiger partial charge on any atom is 0.320 e. The lowest BCUT2D eigenvalue weighted by molar-refractivity contribution is 0.180. The van der Waals surface area contributed by atoms with Gasteiger partial charge < -0.3 is 20.8 Å². The molecule has 3 aromatic rings. The second-order valence-electron chi connectivity index (χ2n) is 8.71. The number of nitrogens with one attached hydrogen (secondary N) is 4. The summed E-state index contributed by atoms with van der Waals surface area (Å²) in [5, 5.41) is 16.7. The first-order valence-electron chi connectivity index (χ1n) is 11.8. The van der Waals surface area contributed by atoms with E-state index in [0.29, 0.717) is 41.5 Å². The molecule has 36 heavy (non-hydrogen) atoms. The number of hydrogen-bond donors (Lipinski definition) is 4. The molecule has 1 fully saturated rings. The van der Waals surface area contributed by atoms with Crippen LogP contribution in [0.3, 0.4) is 0 Å². The first kappa shape index (κ1) is 25.1. The normalized spacial score (nSPS) is 15.7. The topological polar surface area (TPSA) is 115 Å². The quantitative estimate of drug-likeness (QED) is 0.346. The maximum atomic E-state index is 14.4. The molecule has 0 spiro atoms. The number of ether oxygens (including phenoxy) is 1. The summed E-state index contributed by atoms with van der Waals surface area (Å²) in [5.74, 6) is 0.561. The van der Waals surface area contributed by atoms with E-state index >= 15 is 0 Å². The first-order valence-corrected chi connectivity index (χ1v) is 11.8. The van der Waals surface area contributed by atoms with Gasteiger partial charge in [0, 0.05) is 54.1 Å². The van der Waals surface area contributed by atoms with Crippen LogP contribution in [0.1, 0.15) is 29.7 Å². The number of benzene rings is 1. The predicted molar refractivity (Wildman–Crippen MR) is 138 cm³/mol. The molecule has 9 nitrogen and oxygen atoms in total. The third kappa shape index (κ3) is 6.33. The average molecular weight is 492 g/mol. The number of nitrogens with zero attached hydrogens (tertiary/aromatic N) is 3. The van der Waals surface area contributed by atoms with Crippen molar-refractivity contribution in [3.63, 3.8) is 0 Å². The standard InChI is InChI=1S/C26H30FN7O2/c1-17-11-19(8-9-29-17)31-23-14-30-25(12-18(23)13-28)33-26(35)32-20-5-4-10-34(15-20)16-21-22(27)6-3-7-24(21)36-2/h3,6-9,11-14,20,28H,4-5,10,15-16H2,1-2H3,(H,29,31)(H2,30,32,33,35)/t20-/m1/s1. The number of rotatable bonds is 8. The number of hydrogen-bond acceptors (Lipinski definition) is 7. The zero-order valence-electron chi connectivity index (χ0n) is 20.3. The third-order valence-corrected chi connectivity index (χ3v) is 6.03. The van der Waals surface area contributed by atoms with Gasteiger partial charge in [0.1, 0.15) is 17.4 Å². The molecule has 0 unspecified atom stereocenters. The van der Waals surface area contributed by atoms with E-state index in [4.69, 9.17) is 10.1 Å². The Morgan fingerprint density at radius 3 is 2.94 bits per heavy atom. The van der Waals surface area contributed by atoms with Crippen LogP contribution in [-0.4, -0.2) is 53.4 Å². The highest BCUT2D eigenvalue weighted by Crippen LogP contribution is 2.25. The van der Waals surface area contributed by atoms with E-state index in [0.717, 1.165) is 30.8 Å². The van der Waals surface area contributed by atoms with Crippen molar-refractivity contribution < 1.29 is 13.9 Å². The molecule has 0 saturated carbocycles. The third-order valence-electron chi connectivity index (χ3n) is 6.03. The Morgan fingerprint density at radius 1 is 1.31 bits per heavy atom. The minimum Gasteiger partial charge on any atom is -0.496 e. The van der Waals surface area contributed by atoms with Gasteiger partial charge in [0.2, 0.25) is 0 Å². The minimum atomic E-state index is -0.376. The molecule has 1 atom stereocenters. The van der Waals surface area contributed by atoms with Crippen molar-refractivity contribution in [1.82, 2.24) is 20.2 Å². The molecule has 4 rings (SSSR count). The summed E-state index contributed by atoms with van der Waals surface area (Å²) in [6.07, 6.45) is 6.19. The van der Waals surface area contributed by atoms with Gasteiger partial charge in [-0.3, -0.25) is 15.2 Å². The Labute approximate surface area is 209 Å². The fourth-order valence-corrected chi connectivity index (χ4v) is 4.30. The lowest BCUT2D eigenvalue weighted by Crippen LogP contribution is -2.48. The van der Waals surface area contributed by atoms with Gasteiger partial charge in [0.15, 0.2) is 0 Å². The number of methoxy groups -OCH3 is 1. The molecule has 0 bridgehead atoms. The van der Waals surface area contributed by atoms with Gasteiger partial charge >= 0.3 is 6.03 Å². The molecular formula is C26H30FN7O2. The molecule has 188 valence electrons. The Kier molecular flexibility index (Phi) is 8.06. The summed E-state index contributed by atoms with van der Waals surface area (Å²) in [6, 6.07) is 9.70. The molecule has 10 heteroatoms. The average Bonchev–Trinajstić information content (AvgIpc) is 2.86. The van der Waals surface area contributed by atoms with Gasteiger partial charge in [0.25, 0.3) is 0 Å². The number of halogens is 1. The highest BCUT2D eigenvalue weighted by molar-refractivity contribution is 5.92. The second kappa shape index (κ2) is 11.6. The number of urea groups is 1. The second-order valence-corrected chi connectivity index (χ2v) is 8.71. The Hall–Kier alpha value is -4.05. The van der Waals surface area contributed by atoms with Crippen LogP contribution in [0.5, 0.6) is 5.75 Å². The number of carbonyl (C=O) groups excluding carboxylic acids is 1. The van der Waals surface area contributed by atoms with Crippen molar-refractivity contribution in [3.8, 4) is 5.75 Å². The van der Waals surface area contributed by atoms with Crippen molar-refractivity contribution in [2.24, 2.45) is 0 Å². The van der Waals surface area contributed by atoms with E-state index in [2.05, 4.69) is 30.8 Å². The van der Waals surface area contributed by atoms with E-state index in [-0.39, 0.29) is 17.9 Å². The summed E-state index contributed by atoms with van der Waals surface area (Å²) in [7, 11) is 1.53. The van der Waals surface area contributed by atoms with Gasteiger partial charge in [-0.2, -0.15) is 0 Å². The Balaban J connectivity index is 1.35. The van der Waals surface area contributed by atoms with E-state index in [1.54, 1.807) is 30.6 Å². The van der Waals surface area contributed by atoms with E-state index < -0.39 is 0 Å². The summed E-state index contributed by atoms with van der Waals surface area (Å²) < 4.78 is 19.7. The molecule has 4 N–H and O–H groups in total. The van der Waals surface area contributed by atoms with Gasteiger partial charge in [-0.05, 0) is 56.6 Å². The van der Waals surface area contributed by atoms with Crippen molar-refractivity contribution >= 4 is 29.4 Å². The number of aryl methyl sites for hydroxylation is 1. The Bertz CT molecular complexity index is 1240. The number of aromatic nitrogens is 2. The maximum absolute atomic E-state index is 14.4. The molecule has 0 radical (unpaired) electrons. The van der Waals surface area contributed by atoms with Crippen LogP contribution in [0.4, 0.5) is 26.4 Å². The predicted octanol–water partition coefficient (Wildman–Crippen LogP) is 4.46. The van der Waals surface area contributed by atoms with E-state index in [9.17, 15) is 9.18 Å². The largest absolute Gasteiger partial charge is 0.496 e. The minimum absolute atomic E-state index is 0.0883. The molecule has 3 heterocycles. The fourth-order valence-electron chi connectivity index (χ4n) is 4.30. The summed E-state index contributed by atoms with van der Waals surface area (Å²) in [6.45, 7) is 3.71. The number of pyridine rings is 2. The van der Waals surface area contributed by atoms with Gasteiger partial charge in [-0.1, -0.05) is 6.07 Å². The zero-order valence-corrected chi connectivity index (χ0v) is 20.3. The monoisotopic (exact) mass is 491 g/mol. The smallest absolute Gasteiger partial charge is 0.320 e. The van der Waals surface area contributed by atoms with Crippen LogP contribution >= 0.6 is 0 Å².